The first-order chi connectivity index (χ1) is 12.4. The molecule has 0 radical (unpaired) electrons. The summed E-state index contributed by atoms with van der Waals surface area (Å²) < 4.78 is 10.2. The quantitative estimate of drug-likeness (QED) is 0.558. The molecule has 1 aromatic carbocycles. The summed E-state index contributed by atoms with van der Waals surface area (Å²) in [4.78, 5) is 16.6. The van der Waals surface area contributed by atoms with Gasteiger partial charge in [0.1, 0.15) is 17.1 Å². The number of hydrogen-bond acceptors (Lipinski definition) is 6. The number of carbonyl (C=O) groups excluding carboxylic acids is 1. The minimum Gasteiger partial charge on any atom is -0.497 e. The third kappa shape index (κ3) is 4.32. The van der Waals surface area contributed by atoms with Crippen LogP contribution in [0.5, 0.6) is 5.75 Å². The number of halogens is 1. The molecule has 7 heteroatoms. The predicted octanol–water partition coefficient (Wildman–Crippen LogP) is 4.23. The first kappa shape index (κ1) is 19.7. The smallest absolute Gasteiger partial charge is 0.341 e. The SMILES string of the molecule is CCOC(=O)c1c(C)nc(NCc2ccc(OC)cc2)c(C(C)=N)c1Cl. The molecule has 0 saturated heterocycles. The number of rotatable bonds is 7. The van der Waals surface area contributed by atoms with Crippen molar-refractivity contribution in [1.82, 2.24) is 4.98 Å². The van der Waals surface area contributed by atoms with Crippen molar-refractivity contribution in [3.8, 4) is 5.75 Å². The lowest BCUT2D eigenvalue weighted by Crippen LogP contribution is -2.15. The number of ether oxygens (including phenoxy) is 2. The summed E-state index contributed by atoms with van der Waals surface area (Å²) >= 11 is 6.43. The Bertz CT molecular complexity index is 820. The summed E-state index contributed by atoms with van der Waals surface area (Å²) in [5, 5.41) is 11.4. The molecule has 0 saturated carbocycles. The highest BCUT2D eigenvalue weighted by molar-refractivity contribution is 6.37. The molecule has 0 aliphatic rings. The summed E-state index contributed by atoms with van der Waals surface area (Å²) in [6.07, 6.45) is 0. The highest BCUT2D eigenvalue weighted by Crippen LogP contribution is 2.30. The Balaban J connectivity index is 2.35. The molecular weight excluding hydrogens is 354 g/mol. The fourth-order valence-corrected chi connectivity index (χ4v) is 2.95. The highest BCUT2D eigenvalue weighted by atomic mass is 35.5. The number of nitrogens with zero attached hydrogens (tertiary/aromatic N) is 1. The van der Waals surface area contributed by atoms with Crippen LogP contribution in [0.2, 0.25) is 5.02 Å². The van der Waals surface area contributed by atoms with E-state index in [1.807, 2.05) is 24.3 Å². The lowest BCUT2D eigenvalue weighted by molar-refractivity contribution is 0.0525. The van der Waals surface area contributed by atoms with Crippen molar-refractivity contribution in [3.05, 3.63) is 51.7 Å². The number of methoxy groups -OCH3 is 1. The number of nitrogens with one attached hydrogen (secondary N) is 2. The maximum absolute atomic E-state index is 12.2. The minimum atomic E-state index is -0.535. The Hall–Kier alpha value is -2.60. The molecule has 2 rings (SSSR count). The van der Waals surface area contributed by atoms with E-state index < -0.39 is 5.97 Å². The first-order valence-electron chi connectivity index (χ1n) is 8.18. The summed E-state index contributed by atoms with van der Waals surface area (Å²) in [6.45, 7) is 5.75. The number of aromatic nitrogens is 1. The maximum atomic E-state index is 12.2. The number of carbonyl (C=O) groups is 1. The molecular formula is C19H22ClN3O3. The van der Waals surface area contributed by atoms with Gasteiger partial charge in [-0.3, -0.25) is 0 Å². The van der Waals surface area contributed by atoms with Crippen LogP contribution >= 0.6 is 11.6 Å². The van der Waals surface area contributed by atoms with E-state index in [0.717, 1.165) is 11.3 Å². The Morgan fingerprint density at radius 1 is 1.27 bits per heavy atom. The number of aryl methyl sites for hydroxylation is 1. The molecule has 0 atom stereocenters. The van der Waals surface area contributed by atoms with Gasteiger partial charge in [0.2, 0.25) is 0 Å². The maximum Gasteiger partial charge on any atom is 0.341 e. The van der Waals surface area contributed by atoms with Crippen LogP contribution in [0.1, 0.15) is 41.0 Å². The second-order valence-electron chi connectivity index (χ2n) is 5.66. The third-order valence-corrected chi connectivity index (χ3v) is 4.17. The number of pyridine rings is 1. The largest absolute Gasteiger partial charge is 0.497 e. The van der Waals surface area contributed by atoms with E-state index in [0.29, 0.717) is 23.6 Å². The van der Waals surface area contributed by atoms with Gasteiger partial charge in [0.25, 0.3) is 0 Å². The van der Waals surface area contributed by atoms with Crippen molar-refractivity contribution >= 4 is 29.1 Å². The zero-order chi connectivity index (χ0) is 19.3. The van der Waals surface area contributed by atoms with Gasteiger partial charge in [-0.05, 0) is 38.5 Å². The summed E-state index contributed by atoms with van der Waals surface area (Å²) in [5.41, 5.74) is 2.28. The van der Waals surface area contributed by atoms with Gasteiger partial charge >= 0.3 is 5.97 Å². The molecule has 0 unspecified atom stereocenters. The monoisotopic (exact) mass is 375 g/mol. The molecule has 0 aliphatic heterocycles. The van der Waals surface area contributed by atoms with Crippen LogP contribution in [0.25, 0.3) is 0 Å². The standard InChI is InChI=1S/C19H22ClN3O3/c1-5-26-19(24)16-12(3)23-18(15(11(2)21)17(16)20)22-10-13-6-8-14(25-4)9-7-13/h6-9,21H,5,10H2,1-4H3,(H,22,23). The van der Waals surface area contributed by atoms with E-state index >= 15 is 0 Å². The Morgan fingerprint density at radius 3 is 2.46 bits per heavy atom. The lowest BCUT2D eigenvalue weighted by Gasteiger charge is -2.16. The van der Waals surface area contributed by atoms with Crippen molar-refractivity contribution in [2.75, 3.05) is 19.0 Å². The van der Waals surface area contributed by atoms with Gasteiger partial charge in [-0.1, -0.05) is 23.7 Å². The fourth-order valence-electron chi connectivity index (χ4n) is 2.51. The zero-order valence-corrected chi connectivity index (χ0v) is 16.0. The molecule has 0 bridgehead atoms. The third-order valence-electron chi connectivity index (χ3n) is 3.79. The predicted molar refractivity (Wildman–Crippen MR) is 103 cm³/mol. The number of anilines is 1. The molecule has 6 nitrogen and oxygen atoms in total. The van der Waals surface area contributed by atoms with Gasteiger partial charge in [0.05, 0.1) is 30.0 Å². The van der Waals surface area contributed by atoms with Crippen LogP contribution in [0.3, 0.4) is 0 Å². The van der Waals surface area contributed by atoms with Crippen molar-refractivity contribution in [1.29, 1.82) is 5.41 Å². The number of esters is 1. The molecule has 2 aromatic rings. The second-order valence-corrected chi connectivity index (χ2v) is 6.03. The topological polar surface area (TPSA) is 84.3 Å². The number of hydrogen-bond donors (Lipinski definition) is 2. The van der Waals surface area contributed by atoms with Crippen LogP contribution in [0, 0.1) is 12.3 Å². The summed E-state index contributed by atoms with van der Waals surface area (Å²) in [5.74, 6) is 0.705. The average Bonchev–Trinajstić information content (AvgIpc) is 2.59. The highest BCUT2D eigenvalue weighted by Gasteiger charge is 2.23. The van der Waals surface area contributed by atoms with E-state index in [-0.39, 0.29) is 22.9 Å². The van der Waals surface area contributed by atoms with Crippen molar-refractivity contribution in [2.45, 2.75) is 27.3 Å². The van der Waals surface area contributed by atoms with Gasteiger partial charge in [-0.15, -0.1) is 0 Å². The molecule has 1 aromatic heterocycles. The summed E-state index contributed by atoms with van der Waals surface area (Å²) in [7, 11) is 1.62. The van der Waals surface area contributed by atoms with Crippen molar-refractivity contribution < 1.29 is 14.3 Å². The fraction of sp³-hybridized carbons (Fsp3) is 0.316. The van der Waals surface area contributed by atoms with E-state index in [1.54, 1.807) is 27.9 Å². The van der Waals surface area contributed by atoms with Gasteiger partial charge in [0.15, 0.2) is 0 Å². The molecule has 1 heterocycles. The molecule has 26 heavy (non-hydrogen) atoms. The van der Waals surface area contributed by atoms with Crippen molar-refractivity contribution in [2.24, 2.45) is 0 Å². The number of benzene rings is 1. The van der Waals surface area contributed by atoms with Crippen LogP contribution in [0.4, 0.5) is 5.82 Å². The molecule has 138 valence electrons. The van der Waals surface area contributed by atoms with Gasteiger partial charge in [0, 0.05) is 12.3 Å². The molecule has 0 aliphatic carbocycles. The molecule has 0 amide bonds. The Morgan fingerprint density at radius 2 is 1.92 bits per heavy atom. The van der Waals surface area contributed by atoms with E-state index in [4.69, 9.17) is 26.5 Å². The van der Waals surface area contributed by atoms with Gasteiger partial charge in [-0.2, -0.15) is 0 Å². The Labute approximate surface area is 158 Å². The van der Waals surface area contributed by atoms with Gasteiger partial charge < -0.3 is 20.2 Å². The lowest BCUT2D eigenvalue weighted by atomic mass is 10.1. The average molecular weight is 376 g/mol. The van der Waals surface area contributed by atoms with E-state index in [1.165, 1.54) is 0 Å². The second kappa shape index (κ2) is 8.67. The molecule has 0 spiro atoms. The van der Waals surface area contributed by atoms with Gasteiger partial charge in [-0.25, -0.2) is 9.78 Å². The normalized spacial score (nSPS) is 10.3. The van der Waals surface area contributed by atoms with Crippen LogP contribution in [-0.2, 0) is 11.3 Å². The summed E-state index contributed by atoms with van der Waals surface area (Å²) in [6, 6.07) is 7.61. The van der Waals surface area contributed by atoms with Crippen LogP contribution in [0.15, 0.2) is 24.3 Å². The van der Waals surface area contributed by atoms with Crippen molar-refractivity contribution in [3.63, 3.8) is 0 Å². The molecule has 0 fully saturated rings. The van der Waals surface area contributed by atoms with E-state index in [2.05, 4.69) is 10.3 Å². The zero-order valence-electron chi connectivity index (χ0n) is 15.3. The van der Waals surface area contributed by atoms with Crippen LogP contribution in [-0.4, -0.2) is 30.4 Å². The molecule has 2 N–H and O–H groups in total. The Kier molecular flexibility index (Phi) is 6.58. The van der Waals surface area contributed by atoms with Crippen LogP contribution < -0.4 is 10.1 Å². The van der Waals surface area contributed by atoms with E-state index in [9.17, 15) is 4.79 Å². The first-order valence-corrected chi connectivity index (χ1v) is 8.56. The minimum absolute atomic E-state index is 0.181.